The molecule has 0 saturated heterocycles. The van der Waals surface area contributed by atoms with Crippen molar-refractivity contribution in [2.75, 3.05) is 25.0 Å². The van der Waals surface area contributed by atoms with Crippen LogP contribution in [0.15, 0.2) is 77.7 Å². The summed E-state index contributed by atoms with van der Waals surface area (Å²) in [7, 11) is -1.07. The highest BCUT2D eigenvalue weighted by molar-refractivity contribution is 7.92. The Labute approximate surface area is 225 Å². The highest BCUT2D eigenvalue weighted by Crippen LogP contribution is 2.27. The van der Waals surface area contributed by atoms with E-state index in [0.717, 1.165) is 21.0 Å². The van der Waals surface area contributed by atoms with Crippen LogP contribution in [0.3, 0.4) is 0 Å². The fraction of sp³-hybridized carbons (Fsp3) is 0.310. The molecular weight excluding hydrogens is 502 g/mol. The molecule has 38 heavy (non-hydrogen) atoms. The average Bonchev–Trinajstić information content (AvgIpc) is 2.92. The first-order valence-electron chi connectivity index (χ1n) is 12.4. The van der Waals surface area contributed by atoms with Gasteiger partial charge >= 0.3 is 0 Å². The predicted molar refractivity (Wildman–Crippen MR) is 149 cm³/mol. The van der Waals surface area contributed by atoms with Crippen LogP contribution < -0.4 is 14.4 Å². The standard InChI is InChI=1S/C29H35N3O5S/c1-6-27(29(34)30-4)31(19-23-11-7-21(2)8-12-23)28(33)20-32(24-13-15-25(37-5)16-14-24)38(35,36)26-17-9-22(3)10-18-26/h7-18,27H,6,19-20H2,1-5H3,(H,30,34)/t27-/m1/s1. The van der Waals surface area contributed by atoms with Gasteiger partial charge < -0.3 is 15.0 Å². The molecule has 0 saturated carbocycles. The molecule has 0 spiro atoms. The molecule has 0 bridgehead atoms. The summed E-state index contributed by atoms with van der Waals surface area (Å²) < 4.78 is 34.0. The SMILES string of the molecule is CC[C@H](C(=O)NC)N(Cc1ccc(C)cc1)C(=O)CN(c1ccc(OC)cc1)S(=O)(=O)c1ccc(C)cc1. The molecule has 2 amide bonds. The van der Waals surface area contributed by atoms with Crippen LogP contribution in [0.1, 0.15) is 30.0 Å². The maximum atomic E-state index is 13.9. The Kier molecular flexibility index (Phi) is 9.52. The predicted octanol–water partition coefficient (Wildman–Crippen LogP) is 4.06. The maximum absolute atomic E-state index is 13.9. The average molecular weight is 538 g/mol. The summed E-state index contributed by atoms with van der Waals surface area (Å²) in [6.07, 6.45) is 0.366. The van der Waals surface area contributed by atoms with Crippen LogP contribution >= 0.6 is 0 Å². The molecule has 202 valence electrons. The van der Waals surface area contributed by atoms with E-state index in [9.17, 15) is 18.0 Å². The smallest absolute Gasteiger partial charge is 0.264 e. The molecular formula is C29H35N3O5S. The van der Waals surface area contributed by atoms with Crippen LogP contribution in [0.2, 0.25) is 0 Å². The summed E-state index contributed by atoms with van der Waals surface area (Å²) in [5.74, 6) is -0.252. The molecule has 1 atom stereocenters. The Morgan fingerprint density at radius 3 is 1.95 bits per heavy atom. The fourth-order valence-corrected chi connectivity index (χ4v) is 5.51. The molecule has 0 fully saturated rings. The molecule has 3 aromatic carbocycles. The van der Waals surface area contributed by atoms with Crippen LogP contribution in [0.4, 0.5) is 5.69 Å². The number of carbonyl (C=O) groups excluding carboxylic acids is 2. The van der Waals surface area contributed by atoms with Crippen molar-refractivity contribution in [2.45, 2.75) is 44.7 Å². The first kappa shape index (κ1) is 28.7. The summed E-state index contributed by atoms with van der Waals surface area (Å²) in [4.78, 5) is 28.2. The van der Waals surface area contributed by atoms with Gasteiger partial charge in [-0.2, -0.15) is 0 Å². The summed E-state index contributed by atoms with van der Waals surface area (Å²) >= 11 is 0. The zero-order chi connectivity index (χ0) is 27.9. The number of anilines is 1. The van der Waals surface area contributed by atoms with E-state index in [4.69, 9.17) is 4.74 Å². The molecule has 0 aliphatic heterocycles. The van der Waals surface area contributed by atoms with Gasteiger partial charge in [-0.1, -0.05) is 54.4 Å². The molecule has 3 aromatic rings. The monoisotopic (exact) mass is 537 g/mol. The van der Waals surface area contributed by atoms with E-state index in [-0.39, 0.29) is 17.3 Å². The van der Waals surface area contributed by atoms with E-state index < -0.39 is 28.5 Å². The molecule has 0 unspecified atom stereocenters. The van der Waals surface area contributed by atoms with E-state index in [1.807, 2.05) is 45.0 Å². The number of rotatable bonds is 11. The van der Waals surface area contributed by atoms with Gasteiger partial charge in [-0.3, -0.25) is 13.9 Å². The summed E-state index contributed by atoms with van der Waals surface area (Å²) in [6.45, 7) is 5.33. The summed E-state index contributed by atoms with van der Waals surface area (Å²) in [5.41, 5.74) is 3.13. The molecule has 0 aliphatic rings. The highest BCUT2D eigenvalue weighted by Gasteiger charge is 2.33. The minimum Gasteiger partial charge on any atom is -0.497 e. The second kappa shape index (κ2) is 12.6. The van der Waals surface area contributed by atoms with E-state index in [1.165, 1.54) is 31.2 Å². The second-order valence-corrected chi connectivity index (χ2v) is 10.9. The van der Waals surface area contributed by atoms with Crippen molar-refractivity contribution in [3.8, 4) is 5.75 Å². The van der Waals surface area contributed by atoms with Gasteiger partial charge in [0.2, 0.25) is 11.8 Å². The minimum absolute atomic E-state index is 0.0649. The Morgan fingerprint density at radius 2 is 1.45 bits per heavy atom. The highest BCUT2D eigenvalue weighted by atomic mass is 32.2. The number of hydrogen-bond acceptors (Lipinski definition) is 5. The molecule has 3 rings (SSSR count). The molecule has 8 nitrogen and oxygen atoms in total. The fourth-order valence-electron chi connectivity index (χ4n) is 4.09. The number of aryl methyl sites for hydroxylation is 2. The van der Waals surface area contributed by atoms with E-state index in [2.05, 4.69) is 5.32 Å². The van der Waals surface area contributed by atoms with Crippen molar-refractivity contribution in [1.82, 2.24) is 10.2 Å². The van der Waals surface area contributed by atoms with Crippen molar-refractivity contribution < 1.29 is 22.7 Å². The molecule has 0 radical (unpaired) electrons. The number of hydrogen-bond donors (Lipinski definition) is 1. The zero-order valence-electron chi connectivity index (χ0n) is 22.5. The Hall–Kier alpha value is -3.85. The number of nitrogens with one attached hydrogen (secondary N) is 1. The minimum atomic E-state index is -4.11. The third-order valence-corrected chi connectivity index (χ3v) is 8.14. The van der Waals surface area contributed by atoms with Crippen LogP contribution in [0.5, 0.6) is 5.75 Å². The lowest BCUT2D eigenvalue weighted by molar-refractivity contribution is -0.140. The Morgan fingerprint density at radius 1 is 0.895 bits per heavy atom. The van der Waals surface area contributed by atoms with Crippen LogP contribution in [-0.2, 0) is 26.2 Å². The van der Waals surface area contributed by atoms with Crippen molar-refractivity contribution in [1.29, 1.82) is 0 Å². The van der Waals surface area contributed by atoms with Gasteiger partial charge in [0.1, 0.15) is 18.3 Å². The van der Waals surface area contributed by atoms with E-state index in [0.29, 0.717) is 17.9 Å². The van der Waals surface area contributed by atoms with Gasteiger partial charge in [-0.05, 0) is 62.2 Å². The number of methoxy groups -OCH3 is 1. The quantitative estimate of drug-likeness (QED) is 0.398. The molecule has 1 N–H and O–H groups in total. The third-order valence-electron chi connectivity index (χ3n) is 6.35. The molecule has 9 heteroatoms. The summed E-state index contributed by atoms with van der Waals surface area (Å²) in [5, 5.41) is 2.63. The lowest BCUT2D eigenvalue weighted by Gasteiger charge is -2.33. The number of sulfonamides is 1. The zero-order valence-corrected chi connectivity index (χ0v) is 23.3. The van der Waals surface area contributed by atoms with Gasteiger partial charge in [-0.15, -0.1) is 0 Å². The first-order chi connectivity index (χ1) is 18.1. The van der Waals surface area contributed by atoms with E-state index >= 15 is 0 Å². The van der Waals surface area contributed by atoms with E-state index in [1.54, 1.807) is 36.4 Å². The van der Waals surface area contributed by atoms with Crippen LogP contribution in [-0.4, -0.2) is 51.9 Å². The third kappa shape index (κ3) is 6.72. The number of benzene rings is 3. The number of carbonyl (C=O) groups is 2. The number of ether oxygens (including phenoxy) is 1. The normalized spacial score (nSPS) is 11.9. The number of likely N-dealkylation sites (N-methyl/N-ethyl adjacent to an activating group) is 1. The first-order valence-corrected chi connectivity index (χ1v) is 13.8. The largest absolute Gasteiger partial charge is 0.497 e. The van der Waals surface area contributed by atoms with Crippen molar-refractivity contribution in [3.63, 3.8) is 0 Å². The van der Waals surface area contributed by atoms with Crippen molar-refractivity contribution in [3.05, 3.63) is 89.5 Å². The van der Waals surface area contributed by atoms with Crippen LogP contribution in [0, 0.1) is 13.8 Å². The molecule has 0 aliphatic carbocycles. The molecule has 0 heterocycles. The Bertz CT molecular complexity index is 1340. The van der Waals surface area contributed by atoms with Crippen molar-refractivity contribution >= 4 is 27.5 Å². The van der Waals surface area contributed by atoms with Gasteiger partial charge in [0.05, 0.1) is 17.7 Å². The van der Waals surface area contributed by atoms with Gasteiger partial charge in [0.25, 0.3) is 10.0 Å². The molecule has 0 aromatic heterocycles. The topological polar surface area (TPSA) is 96.0 Å². The lowest BCUT2D eigenvalue weighted by atomic mass is 10.1. The second-order valence-electron chi connectivity index (χ2n) is 9.07. The number of nitrogens with zero attached hydrogens (tertiary/aromatic N) is 2. The lowest BCUT2D eigenvalue weighted by Crippen LogP contribution is -2.51. The van der Waals surface area contributed by atoms with Crippen molar-refractivity contribution in [2.24, 2.45) is 0 Å². The van der Waals surface area contributed by atoms with Gasteiger partial charge in [0, 0.05) is 13.6 Å². The van der Waals surface area contributed by atoms with Gasteiger partial charge in [0.15, 0.2) is 0 Å². The maximum Gasteiger partial charge on any atom is 0.264 e. The summed E-state index contributed by atoms with van der Waals surface area (Å²) in [6, 6.07) is 19.8. The van der Waals surface area contributed by atoms with Crippen LogP contribution in [0.25, 0.3) is 0 Å². The number of amides is 2. The Balaban J connectivity index is 2.05. The van der Waals surface area contributed by atoms with Gasteiger partial charge in [-0.25, -0.2) is 8.42 Å².